The van der Waals surface area contributed by atoms with Crippen molar-refractivity contribution in [3.8, 4) is 11.8 Å². The van der Waals surface area contributed by atoms with Crippen LogP contribution < -0.4 is 5.32 Å². The van der Waals surface area contributed by atoms with Crippen LogP contribution >= 0.6 is 0 Å². The van der Waals surface area contributed by atoms with Crippen LogP contribution in [-0.4, -0.2) is 13.1 Å². The van der Waals surface area contributed by atoms with E-state index in [-0.39, 0.29) is 0 Å². The quantitative estimate of drug-likeness (QED) is 0.488. The van der Waals surface area contributed by atoms with Crippen molar-refractivity contribution in [1.82, 2.24) is 5.32 Å². The second-order valence-electron chi connectivity index (χ2n) is 4.10. The van der Waals surface area contributed by atoms with Crippen molar-refractivity contribution >= 4 is 0 Å². The van der Waals surface area contributed by atoms with Crippen LogP contribution in [0.4, 0.5) is 0 Å². The maximum absolute atomic E-state index is 3.51. The highest BCUT2D eigenvalue weighted by molar-refractivity contribution is 4.97. The third-order valence-electron chi connectivity index (χ3n) is 2.84. The molecule has 0 amide bonds. The van der Waals surface area contributed by atoms with E-state index in [4.69, 9.17) is 0 Å². The number of hydrogen-bond acceptors (Lipinski definition) is 1. The lowest BCUT2D eigenvalue weighted by Gasteiger charge is -2.13. The first-order chi connectivity index (χ1) is 6.33. The first-order valence-electron chi connectivity index (χ1n) is 5.43. The van der Waals surface area contributed by atoms with Gasteiger partial charge in [-0.1, -0.05) is 13.3 Å². The zero-order chi connectivity index (χ0) is 9.57. The zero-order valence-corrected chi connectivity index (χ0v) is 8.95. The van der Waals surface area contributed by atoms with Gasteiger partial charge >= 0.3 is 0 Å². The normalized spacial score (nSPS) is 17.7. The summed E-state index contributed by atoms with van der Waals surface area (Å²) < 4.78 is 0. The fourth-order valence-corrected chi connectivity index (χ4v) is 1.85. The zero-order valence-electron chi connectivity index (χ0n) is 8.95. The van der Waals surface area contributed by atoms with Gasteiger partial charge in [-0.2, -0.15) is 0 Å². The molecule has 0 aliphatic heterocycles. The van der Waals surface area contributed by atoms with E-state index in [1.807, 2.05) is 6.92 Å². The molecule has 1 nitrogen and oxygen atoms in total. The van der Waals surface area contributed by atoms with Crippen molar-refractivity contribution < 1.29 is 0 Å². The topological polar surface area (TPSA) is 12.0 Å². The van der Waals surface area contributed by atoms with Crippen molar-refractivity contribution in [3.05, 3.63) is 0 Å². The lowest BCUT2D eigenvalue weighted by Crippen LogP contribution is -2.24. The molecular weight excluding hydrogens is 158 g/mol. The predicted molar refractivity (Wildman–Crippen MR) is 57.5 cm³/mol. The molecular formula is C12H21N. The Hall–Kier alpha value is -0.480. The smallest absolute Gasteiger partial charge is 0.0214 e. The minimum absolute atomic E-state index is 0.689. The van der Waals surface area contributed by atoms with E-state index >= 15 is 0 Å². The van der Waals surface area contributed by atoms with Gasteiger partial charge in [-0.05, 0) is 31.6 Å². The molecule has 0 bridgehead atoms. The van der Waals surface area contributed by atoms with E-state index in [2.05, 4.69) is 24.1 Å². The largest absolute Gasteiger partial charge is 0.315 e. The molecule has 0 aromatic carbocycles. The summed E-state index contributed by atoms with van der Waals surface area (Å²) in [5.41, 5.74) is 0.689. The molecule has 74 valence electrons. The average molecular weight is 179 g/mol. The lowest BCUT2D eigenvalue weighted by molar-refractivity contribution is 0.424. The first kappa shape index (κ1) is 10.6. The maximum atomic E-state index is 3.51. The number of rotatable bonds is 6. The molecule has 0 aromatic rings. The maximum Gasteiger partial charge on any atom is 0.0214 e. The Morgan fingerprint density at radius 1 is 1.38 bits per heavy atom. The monoisotopic (exact) mass is 179 g/mol. The van der Waals surface area contributed by atoms with Crippen molar-refractivity contribution in [2.24, 2.45) is 5.41 Å². The second kappa shape index (κ2) is 5.29. The van der Waals surface area contributed by atoms with Gasteiger partial charge in [0.05, 0.1) is 0 Å². The van der Waals surface area contributed by atoms with Crippen LogP contribution in [0.3, 0.4) is 0 Å². The molecule has 0 saturated heterocycles. The van der Waals surface area contributed by atoms with E-state index in [9.17, 15) is 0 Å². The molecule has 0 radical (unpaired) electrons. The highest BCUT2D eigenvalue weighted by Gasteiger charge is 2.40. The molecule has 1 aliphatic rings. The summed E-state index contributed by atoms with van der Waals surface area (Å²) in [6.45, 7) is 6.46. The summed E-state index contributed by atoms with van der Waals surface area (Å²) in [6.07, 6.45) is 6.61. The van der Waals surface area contributed by atoms with Gasteiger partial charge in [-0.25, -0.2) is 0 Å². The number of hydrogen-bond donors (Lipinski definition) is 1. The van der Waals surface area contributed by atoms with Crippen LogP contribution in [-0.2, 0) is 0 Å². The third-order valence-corrected chi connectivity index (χ3v) is 2.84. The molecule has 1 rings (SSSR count). The van der Waals surface area contributed by atoms with Gasteiger partial charge in [0, 0.05) is 19.5 Å². The molecule has 13 heavy (non-hydrogen) atoms. The molecule has 1 saturated carbocycles. The van der Waals surface area contributed by atoms with Gasteiger partial charge in [0.1, 0.15) is 0 Å². The van der Waals surface area contributed by atoms with E-state index in [0.717, 1.165) is 13.0 Å². The first-order valence-corrected chi connectivity index (χ1v) is 5.43. The van der Waals surface area contributed by atoms with Crippen LogP contribution in [0, 0.1) is 17.3 Å². The van der Waals surface area contributed by atoms with Gasteiger partial charge in [-0.3, -0.25) is 0 Å². The van der Waals surface area contributed by atoms with Crippen LogP contribution in [0.5, 0.6) is 0 Å². The Morgan fingerprint density at radius 3 is 2.69 bits per heavy atom. The van der Waals surface area contributed by atoms with E-state index < -0.39 is 0 Å². The Bertz CT molecular complexity index is 193. The van der Waals surface area contributed by atoms with Crippen molar-refractivity contribution in [3.63, 3.8) is 0 Å². The van der Waals surface area contributed by atoms with Crippen molar-refractivity contribution in [2.75, 3.05) is 13.1 Å². The highest BCUT2D eigenvalue weighted by Crippen LogP contribution is 2.48. The molecule has 1 aliphatic carbocycles. The van der Waals surface area contributed by atoms with Gasteiger partial charge in [0.25, 0.3) is 0 Å². The minimum Gasteiger partial charge on any atom is -0.315 e. The summed E-state index contributed by atoms with van der Waals surface area (Å²) >= 11 is 0. The van der Waals surface area contributed by atoms with Gasteiger partial charge in [0.15, 0.2) is 0 Å². The second-order valence-corrected chi connectivity index (χ2v) is 4.10. The van der Waals surface area contributed by atoms with Crippen LogP contribution in [0.15, 0.2) is 0 Å². The summed E-state index contributed by atoms with van der Waals surface area (Å²) in [4.78, 5) is 0. The van der Waals surface area contributed by atoms with Crippen LogP contribution in [0.1, 0.15) is 46.0 Å². The van der Waals surface area contributed by atoms with Crippen molar-refractivity contribution in [1.29, 1.82) is 0 Å². The highest BCUT2D eigenvalue weighted by atomic mass is 14.9. The predicted octanol–water partition coefficient (Wildman–Crippen LogP) is 2.57. The standard InChI is InChI=1S/C12H21N/c1-3-5-6-10-13-11-12(7-4-2)8-9-12/h13H,4,6-11H2,1-2H3. The van der Waals surface area contributed by atoms with Crippen LogP contribution in [0.2, 0.25) is 0 Å². The van der Waals surface area contributed by atoms with E-state index in [1.54, 1.807) is 0 Å². The third kappa shape index (κ3) is 3.83. The summed E-state index contributed by atoms with van der Waals surface area (Å²) in [7, 11) is 0. The SMILES string of the molecule is CC#CCCNCC1(CCC)CC1. The van der Waals surface area contributed by atoms with E-state index in [1.165, 1.54) is 32.2 Å². The number of nitrogens with one attached hydrogen (secondary N) is 1. The molecule has 0 atom stereocenters. The molecule has 1 N–H and O–H groups in total. The fraction of sp³-hybridized carbons (Fsp3) is 0.833. The molecule has 1 fully saturated rings. The minimum atomic E-state index is 0.689. The Balaban J connectivity index is 2.01. The summed E-state index contributed by atoms with van der Waals surface area (Å²) in [5, 5.41) is 3.51. The van der Waals surface area contributed by atoms with Crippen molar-refractivity contribution in [2.45, 2.75) is 46.0 Å². The Kier molecular flexibility index (Phi) is 4.32. The average Bonchev–Trinajstić information content (AvgIpc) is 2.86. The molecule has 0 aromatic heterocycles. The molecule has 1 heteroatoms. The summed E-state index contributed by atoms with van der Waals surface area (Å²) in [5.74, 6) is 5.99. The molecule has 0 unspecified atom stereocenters. The molecule has 0 spiro atoms. The van der Waals surface area contributed by atoms with Gasteiger partial charge in [-0.15, -0.1) is 11.8 Å². The Morgan fingerprint density at radius 2 is 2.15 bits per heavy atom. The molecule has 0 heterocycles. The fourth-order valence-electron chi connectivity index (χ4n) is 1.85. The van der Waals surface area contributed by atoms with Gasteiger partial charge < -0.3 is 5.32 Å². The summed E-state index contributed by atoms with van der Waals surface area (Å²) in [6, 6.07) is 0. The van der Waals surface area contributed by atoms with Gasteiger partial charge in [0.2, 0.25) is 0 Å². The van der Waals surface area contributed by atoms with Crippen LogP contribution in [0.25, 0.3) is 0 Å². The van der Waals surface area contributed by atoms with E-state index in [0.29, 0.717) is 5.41 Å². The lowest BCUT2D eigenvalue weighted by atomic mass is 10.0. The Labute approximate surface area is 82.3 Å².